The van der Waals surface area contributed by atoms with Crippen molar-refractivity contribution in [3.63, 3.8) is 0 Å². The van der Waals surface area contributed by atoms with Crippen molar-refractivity contribution in [2.45, 2.75) is 13.8 Å². The predicted octanol–water partition coefficient (Wildman–Crippen LogP) is 3.23. The fourth-order valence-electron chi connectivity index (χ4n) is 1.56. The molecule has 0 spiro atoms. The summed E-state index contributed by atoms with van der Waals surface area (Å²) in [5.74, 6) is -0.606. The molecule has 23 heavy (non-hydrogen) atoms. The second-order valence-electron chi connectivity index (χ2n) is 4.34. The van der Waals surface area contributed by atoms with Crippen molar-refractivity contribution in [1.82, 2.24) is 5.48 Å². The van der Waals surface area contributed by atoms with E-state index in [0.717, 1.165) is 0 Å². The monoisotopic (exact) mass is 315 g/mol. The van der Waals surface area contributed by atoms with Crippen LogP contribution in [0.25, 0.3) is 0 Å². The smallest absolute Gasteiger partial charge is 0.356 e. The zero-order chi connectivity index (χ0) is 16.9. The third-order valence-corrected chi connectivity index (χ3v) is 2.60. The maximum Gasteiger partial charge on any atom is 0.356 e. The number of carbonyl (C=O) groups is 2. The first kappa shape index (κ1) is 18.4. The zero-order valence-electron chi connectivity index (χ0n) is 13.3. The summed E-state index contributed by atoms with van der Waals surface area (Å²) in [5.41, 5.74) is 3.66. The topological polar surface area (TPSA) is 64.6 Å². The minimum atomic E-state index is -0.350. The van der Waals surface area contributed by atoms with E-state index in [0.29, 0.717) is 24.3 Å². The molecule has 5 heteroatoms. The van der Waals surface area contributed by atoms with Gasteiger partial charge in [0.2, 0.25) is 0 Å². The number of carbonyl (C=O) groups excluding carboxylic acids is 2. The normalized spacial score (nSPS) is 9.30. The fourth-order valence-corrected chi connectivity index (χ4v) is 1.56. The summed E-state index contributed by atoms with van der Waals surface area (Å²) in [4.78, 5) is 26.8. The van der Waals surface area contributed by atoms with E-state index in [-0.39, 0.29) is 11.9 Å². The molecule has 0 radical (unpaired) electrons. The lowest BCUT2D eigenvalue weighted by atomic mass is 10.2. The Balaban J connectivity index is 0.000000231. The average Bonchev–Trinajstić information content (AvgIpc) is 2.62. The predicted molar refractivity (Wildman–Crippen MR) is 87.9 cm³/mol. The molecule has 0 aliphatic heterocycles. The third kappa shape index (κ3) is 7.24. The number of nitrogens with one attached hydrogen (secondary N) is 1. The molecule has 2 aromatic carbocycles. The summed E-state index contributed by atoms with van der Waals surface area (Å²) < 4.78 is 4.79. The highest BCUT2D eigenvalue weighted by Gasteiger charge is 2.04. The Kier molecular flexibility index (Phi) is 8.78. The van der Waals surface area contributed by atoms with Gasteiger partial charge in [-0.2, -0.15) is 5.48 Å². The van der Waals surface area contributed by atoms with Gasteiger partial charge in [0.1, 0.15) is 0 Å². The molecule has 1 N–H and O–H groups in total. The SMILES string of the molecule is CCNOC(=O)c1ccccc1.CCOC(=O)c1ccccc1. The van der Waals surface area contributed by atoms with Crippen molar-refractivity contribution in [2.24, 2.45) is 0 Å². The molecule has 0 heterocycles. The molecule has 2 aromatic rings. The lowest BCUT2D eigenvalue weighted by Crippen LogP contribution is -2.19. The minimum Gasteiger partial charge on any atom is -0.462 e. The van der Waals surface area contributed by atoms with Crippen molar-refractivity contribution in [3.8, 4) is 0 Å². The van der Waals surface area contributed by atoms with Crippen molar-refractivity contribution in [2.75, 3.05) is 13.2 Å². The van der Waals surface area contributed by atoms with E-state index in [4.69, 9.17) is 4.74 Å². The van der Waals surface area contributed by atoms with E-state index in [1.54, 1.807) is 43.3 Å². The quantitative estimate of drug-likeness (QED) is 0.678. The molecular weight excluding hydrogens is 294 g/mol. The van der Waals surface area contributed by atoms with Crippen molar-refractivity contribution in [1.29, 1.82) is 0 Å². The van der Waals surface area contributed by atoms with Gasteiger partial charge in [-0.15, -0.1) is 0 Å². The van der Waals surface area contributed by atoms with Gasteiger partial charge < -0.3 is 9.57 Å². The van der Waals surface area contributed by atoms with E-state index >= 15 is 0 Å². The van der Waals surface area contributed by atoms with Gasteiger partial charge in [0.05, 0.1) is 17.7 Å². The van der Waals surface area contributed by atoms with E-state index in [9.17, 15) is 9.59 Å². The van der Waals surface area contributed by atoms with Gasteiger partial charge in [0.15, 0.2) is 0 Å². The van der Waals surface area contributed by atoms with Gasteiger partial charge in [-0.1, -0.05) is 36.4 Å². The fraction of sp³-hybridized carbons (Fsp3) is 0.222. The lowest BCUT2D eigenvalue weighted by molar-refractivity contribution is 0.0265. The number of esters is 1. The summed E-state index contributed by atoms with van der Waals surface area (Å²) in [5, 5.41) is 0. The zero-order valence-corrected chi connectivity index (χ0v) is 13.3. The van der Waals surface area contributed by atoms with Crippen LogP contribution in [-0.4, -0.2) is 25.1 Å². The number of rotatable bonds is 5. The summed E-state index contributed by atoms with van der Waals surface area (Å²) in [6.07, 6.45) is 0. The van der Waals surface area contributed by atoms with Gasteiger partial charge >= 0.3 is 11.9 Å². The Morgan fingerprint density at radius 2 is 1.30 bits per heavy atom. The number of hydrogen-bond acceptors (Lipinski definition) is 5. The van der Waals surface area contributed by atoms with Crippen molar-refractivity contribution in [3.05, 3.63) is 71.8 Å². The molecule has 2 rings (SSSR count). The van der Waals surface area contributed by atoms with E-state index < -0.39 is 0 Å². The number of ether oxygens (including phenoxy) is 1. The maximum absolute atomic E-state index is 11.1. The lowest BCUT2D eigenvalue weighted by Gasteiger charge is -2.01. The first-order valence-corrected chi connectivity index (χ1v) is 7.40. The molecule has 0 aliphatic carbocycles. The Morgan fingerprint density at radius 1 is 0.826 bits per heavy atom. The second-order valence-corrected chi connectivity index (χ2v) is 4.34. The van der Waals surface area contributed by atoms with Crippen LogP contribution in [0.4, 0.5) is 0 Å². The van der Waals surface area contributed by atoms with E-state index in [1.807, 2.05) is 31.2 Å². The molecule has 0 saturated heterocycles. The minimum absolute atomic E-state index is 0.256. The molecule has 0 atom stereocenters. The van der Waals surface area contributed by atoms with Crippen LogP contribution < -0.4 is 5.48 Å². The molecule has 0 aliphatic rings. The Labute approximate surface area is 136 Å². The summed E-state index contributed by atoms with van der Waals surface area (Å²) >= 11 is 0. The van der Waals surface area contributed by atoms with Gasteiger partial charge in [-0.25, -0.2) is 9.59 Å². The van der Waals surface area contributed by atoms with Crippen LogP contribution in [0.1, 0.15) is 34.6 Å². The molecule has 122 valence electrons. The van der Waals surface area contributed by atoms with Crippen LogP contribution in [0.5, 0.6) is 0 Å². The number of benzene rings is 2. The molecule has 0 fully saturated rings. The Bertz CT molecular complexity index is 584. The van der Waals surface area contributed by atoms with Crippen LogP contribution in [0.2, 0.25) is 0 Å². The second kappa shape index (κ2) is 11.0. The van der Waals surface area contributed by atoms with E-state index in [1.165, 1.54) is 0 Å². The van der Waals surface area contributed by atoms with E-state index in [2.05, 4.69) is 10.3 Å². The molecule has 0 bridgehead atoms. The molecular formula is C18H21NO4. The van der Waals surface area contributed by atoms with Gasteiger partial charge in [-0.3, -0.25) is 0 Å². The molecule has 0 aromatic heterocycles. The van der Waals surface area contributed by atoms with Gasteiger partial charge in [-0.05, 0) is 38.1 Å². The standard InChI is InChI=1S/C9H11NO2.C9H10O2/c1-2-10-12-9(11)8-6-4-3-5-7-8;1-2-11-9(10)8-6-4-3-5-7-8/h3-7,10H,2H2,1H3;3-7H,2H2,1H3. The first-order chi connectivity index (χ1) is 11.2. The summed E-state index contributed by atoms with van der Waals surface area (Å²) in [6.45, 7) is 4.69. The highest BCUT2D eigenvalue weighted by atomic mass is 16.7. The maximum atomic E-state index is 11.1. The van der Waals surface area contributed by atoms with Crippen molar-refractivity contribution < 1.29 is 19.2 Å². The van der Waals surface area contributed by atoms with Gasteiger partial charge in [0.25, 0.3) is 0 Å². The molecule has 5 nitrogen and oxygen atoms in total. The number of hydrogen-bond donors (Lipinski definition) is 1. The highest BCUT2D eigenvalue weighted by molar-refractivity contribution is 5.89. The van der Waals surface area contributed by atoms with Crippen LogP contribution in [0.3, 0.4) is 0 Å². The van der Waals surface area contributed by atoms with Crippen LogP contribution in [0.15, 0.2) is 60.7 Å². The molecule has 0 amide bonds. The molecule has 0 saturated carbocycles. The first-order valence-electron chi connectivity index (χ1n) is 7.40. The number of hydroxylamine groups is 1. The molecule has 0 unspecified atom stereocenters. The average molecular weight is 315 g/mol. The Hall–Kier alpha value is -2.66. The summed E-state index contributed by atoms with van der Waals surface area (Å²) in [7, 11) is 0. The van der Waals surface area contributed by atoms with Crippen LogP contribution >= 0.6 is 0 Å². The third-order valence-electron chi connectivity index (χ3n) is 2.60. The largest absolute Gasteiger partial charge is 0.462 e. The Morgan fingerprint density at radius 3 is 1.74 bits per heavy atom. The highest BCUT2D eigenvalue weighted by Crippen LogP contribution is 2.00. The van der Waals surface area contributed by atoms with Gasteiger partial charge in [0, 0.05) is 6.54 Å². The van der Waals surface area contributed by atoms with Crippen LogP contribution in [0, 0.1) is 0 Å². The van der Waals surface area contributed by atoms with Crippen molar-refractivity contribution >= 4 is 11.9 Å². The van der Waals surface area contributed by atoms with Crippen LogP contribution in [-0.2, 0) is 9.57 Å². The summed E-state index contributed by atoms with van der Waals surface area (Å²) in [6, 6.07) is 17.8.